The predicted octanol–water partition coefficient (Wildman–Crippen LogP) is 4.55. The lowest BCUT2D eigenvalue weighted by atomic mass is 10.2. The van der Waals surface area contributed by atoms with Crippen LogP contribution in [0.25, 0.3) is 17.1 Å². The maximum Gasteiger partial charge on any atom is 0.250 e. The van der Waals surface area contributed by atoms with Gasteiger partial charge in [-0.25, -0.2) is 5.43 Å². The third-order valence-corrected chi connectivity index (χ3v) is 5.95. The van der Waals surface area contributed by atoms with Crippen LogP contribution in [-0.2, 0) is 4.79 Å². The van der Waals surface area contributed by atoms with Gasteiger partial charge in [-0.05, 0) is 55.5 Å². The van der Waals surface area contributed by atoms with Crippen LogP contribution < -0.4 is 5.43 Å². The van der Waals surface area contributed by atoms with E-state index in [4.69, 9.17) is 11.6 Å². The number of hydrogen-bond acceptors (Lipinski definition) is 7. The number of hydrogen-bond donors (Lipinski definition) is 3. The molecule has 10 heteroatoms. The summed E-state index contributed by atoms with van der Waals surface area (Å²) in [6.07, 6.45) is 1.30. The van der Waals surface area contributed by atoms with Crippen molar-refractivity contribution in [3.63, 3.8) is 0 Å². The molecule has 0 aliphatic rings. The minimum Gasteiger partial charge on any atom is -0.508 e. The van der Waals surface area contributed by atoms with Crippen LogP contribution in [-0.4, -0.2) is 42.9 Å². The first-order valence-corrected chi connectivity index (χ1v) is 11.5. The number of hydrazone groups is 1. The number of carbonyl (C=O) groups excluding carboxylic acids is 1. The monoisotopic (exact) mass is 493 g/mol. The van der Waals surface area contributed by atoms with Crippen molar-refractivity contribution in [3.8, 4) is 28.6 Å². The topological polar surface area (TPSA) is 113 Å². The molecule has 3 aromatic carbocycles. The number of aromatic hydroxyl groups is 2. The first-order valence-electron chi connectivity index (χ1n) is 10.2. The van der Waals surface area contributed by atoms with Crippen molar-refractivity contribution in [2.24, 2.45) is 5.10 Å². The van der Waals surface area contributed by atoms with Gasteiger partial charge in [0.05, 0.1) is 12.0 Å². The Bertz CT molecular complexity index is 1340. The Labute approximate surface area is 204 Å². The number of rotatable bonds is 7. The van der Waals surface area contributed by atoms with Crippen LogP contribution in [0.1, 0.15) is 11.1 Å². The number of amides is 1. The molecular formula is C24H20ClN5O3S. The Morgan fingerprint density at radius 3 is 2.53 bits per heavy atom. The molecule has 0 spiro atoms. The number of nitrogens with one attached hydrogen (secondary N) is 1. The zero-order valence-electron chi connectivity index (χ0n) is 18.0. The standard InChI is InChI=1S/C24H20ClN5O3S/c1-15-2-9-19(10-3-15)30-23(16-4-7-18(25)8-5-16)28-29-24(30)34-14-22(33)27-26-13-17-6-11-20(31)12-21(17)32/h2-13,31-32H,14H2,1H3,(H,27,33)/b26-13+. The molecule has 1 aromatic heterocycles. The minimum absolute atomic E-state index is 0.0452. The molecule has 34 heavy (non-hydrogen) atoms. The van der Waals surface area contributed by atoms with Crippen LogP contribution in [0, 0.1) is 6.92 Å². The SMILES string of the molecule is Cc1ccc(-n2c(SCC(=O)N/N=C/c3ccc(O)cc3O)nnc2-c2ccc(Cl)cc2)cc1. The van der Waals surface area contributed by atoms with Gasteiger partial charge in [-0.15, -0.1) is 10.2 Å². The number of halogens is 1. The average Bonchev–Trinajstić information content (AvgIpc) is 3.24. The van der Waals surface area contributed by atoms with Gasteiger partial charge in [0, 0.05) is 27.9 Å². The molecule has 1 heterocycles. The van der Waals surface area contributed by atoms with E-state index < -0.39 is 0 Å². The summed E-state index contributed by atoms with van der Waals surface area (Å²) >= 11 is 7.25. The van der Waals surface area contributed by atoms with Crippen LogP contribution in [0.4, 0.5) is 0 Å². The van der Waals surface area contributed by atoms with Crippen molar-refractivity contribution >= 4 is 35.5 Å². The van der Waals surface area contributed by atoms with E-state index >= 15 is 0 Å². The lowest BCUT2D eigenvalue weighted by Gasteiger charge is -2.10. The van der Waals surface area contributed by atoms with E-state index in [2.05, 4.69) is 20.7 Å². The zero-order chi connectivity index (χ0) is 24.1. The van der Waals surface area contributed by atoms with Gasteiger partial charge in [-0.2, -0.15) is 5.10 Å². The molecule has 0 bridgehead atoms. The fourth-order valence-corrected chi connectivity index (χ4v) is 3.92. The van der Waals surface area contributed by atoms with E-state index in [0.717, 1.165) is 16.8 Å². The van der Waals surface area contributed by atoms with Crippen molar-refractivity contribution in [2.75, 3.05) is 5.75 Å². The van der Waals surface area contributed by atoms with Gasteiger partial charge < -0.3 is 10.2 Å². The highest BCUT2D eigenvalue weighted by Gasteiger charge is 2.17. The molecule has 4 rings (SSSR count). The highest BCUT2D eigenvalue weighted by molar-refractivity contribution is 7.99. The molecule has 3 N–H and O–H groups in total. The molecule has 4 aromatic rings. The summed E-state index contributed by atoms with van der Waals surface area (Å²) in [7, 11) is 0. The Kier molecular flexibility index (Phi) is 7.15. The maximum atomic E-state index is 12.3. The van der Waals surface area contributed by atoms with Gasteiger partial charge in [-0.3, -0.25) is 9.36 Å². The van der Waals surface area contributed by atoms with Gasteiger partial charge in [-0.1, -0.05) is 41.1 Å². The first-order chi connectivity index (χ1) is 16.4. The molecular weight excluding hydrogens is 474 g/mol. The van der Waals surface area contributed by atoms with Gasteiger partial charge in [0.25, 0.3) is 5.91 Å². The molecule has 8 nitrogen and oxygen atoms in total. The highest BCUT2D eigenvalue weighted by atomic mass is 35.5. The van der Waals surface area contributed by atoms with E-state index in [-0.39, 0.29) is 23.2 Å². The van der Waals surface area contributed by atoms with Crippen molar-refractivity contribution in [3.05, 3.63) is 82.9 Å². The number of phenolic OH excluding ortho intramolecular Hbond substituents is 2. The van der Waals surface area contributed by atoms with Crippen LogP contribution in [0.2, 0.25) is 5.02 Å². The van der Waals surface area contributed by atoms with Gasteiger partial charge in [0.1, 0.15) is 11.5 Å². The number of phenols is 2. The summed E-state index contributed by atoms with van der Waals surface area (Å²) in [4.78, 5) is 12.3. The zero-order valence-corrected chi connectivity index (χ0v) is 19.6. The Morgan fingerprint density at radius 2 is 1.82 bits per heavy atom. The molecule has 0 saturated heterocycles. The molecule has 172 valence electrons. The van der Waals surface area contributed by atoms with E-state index in [9.17, 15) is 15.0 Å². The van der Waals surface area contributed by atoms with Crippen LogP contribution in [0.15, 0.2) is 77.0 Å². The Morgan fingerprint density at radius 1 is 1.09 bits per heavy atom. The highest BCUT2D eigenvalue weighted by Crippen LogP contribution is 2.29. The lowest BCUT2D eigenvalue weighted by Crippen LogP contribution is -2.20. The minimum atomic E-state index is -0.356. The summed E-state index contributed by atoms with van der Waals surface area (Å²) in [6.45, 7) is 2.01. The van der Waals surface area contributed by atoms with Crippen LogP contribution in [0.5, 0.6) is 11.5 Å². The van der Waals surface area contributed by atoms with Crippen molar-refractivity contribution in [2.45, 2.75) is 12.1 Å². The van der Waals surface area contributed by atoms with Gasteiger partial charge >= 0.3 is 0 Å². The largest absolute Gasteiger partial charge is 0.508 e. The molecule has 0 fully saturated rings. The number of benzene rings is 3. The summed E-state index contributed by atoms with van der Waals surface area (Å²) in [5, 5.41) is 32.8. The normalized spacial score (nSPS) is 11.1. The van der Waals surface area contributed by atoms with E-state index in [1.165, 1.54) is 36.2 Å². The Hall–Kier alpha value is -3.82. The number of nitrogens with zero attached hydrogens (tertiary/aromatic N) is 4. The predicted molar refractivity (Wildman–Crippen MR) is 133 cm³/mol. The lowest BCUT2D eigenvalue weighted by molar-refractivity contribution is -0.118. The van der Waals surface area contributed by atoms with Crippen LogP contribution >= 0.6 is 23.4 Å². The third-order valence-electron chi connectivity index (χ3n) is 4.77. The molecule has 0 unspecified atom stereocenters. The Balaban J connectivity index is 1.51. The summed E-state index contributed by atoms with van der Waals surface area (Å²) in [5.74, 6) is 0.109. The van der Waals surface area contributed by atoms with Crippen molar-refractivity contribution < 1.29 is 15.0 Å². The number of aryl methyl sites for hydroxylation is 1. The van der Waals surface area contributed by atoms with E-state index in [1.54, 1.807) is 12.1 Å². The number of carbonyl (C=O) groups is 1. The molecule has 1 amide bonds. The first kappa shape index (κ1) is 23.3. The van der Waals surface area contributed by atoms with Gasteiger partial charge in [0.2, 0.25) is 0 Å². The van der Waals surface area contributed by atoms with E-state index in [0.29, 0.717) is 21.6 Å². The molecule has 0 radical (unpaired) electrons. The summed E-state index contributed by atoms with van der Waals surface area (Å²) < 4.78 is 1.89. The quantitative estimate of drug-likeness (QED) is 0.198. The van der Waals surface area contributed by atoms with Crippen molar-refractivity contribution in [1.29, 1.82) is 0 Å². The smallest absolute Gasteiger partial charge is 0.250 e. The summed E-state index contributed by atoms with van der Waals surface area (Å²) in [6, 6.07) is 19.3. The van der Waals surface area contributed by atoms with E-state index in [1.807, 2.05) is 47.9 Å². The number of aromatic nitrogens is 3. The van der Waals surface area contributed by atoms with Gasteiger partial charge in [0.15, 0.2) is 11.0 Å². The average molecular weight is 494 g/mol. The second-order valence-electron chi connectivity index (χ2n) is 7.31. The molecule has 0 aliphatic carbocycles. The molecule has 0 saturated carbocycles. The number of thioether (sulfide) groups is 1. The van der Waals surface area contributed by atoms with Crippen molar-refractivity contribution in [1.82, 2.24) is 20.2 Å². The molecule has 0 aliphatic heterocycles. The summed E-state index contributed by atoms with van der Waals surface area (Å²) in [5.41, 5.74) is 5.60. The molecule has 0 atom stereocenters. The van der Waals surface area contributed by atoms with Crippen LogP contribution in [0.3, 0.4) is 0 Å². The third kappa shape index (κ3) is 5.56. The fourth-order valence-electron chi connectivity index (χ4n) is 3.05. The second kappa shape index (κ2) is 10.4. The fraction of sp³-hybridized carbons (Fsp3) is 0.0833. The maximum absolute atomic E-state index is 12.3. The second-order valence-corrected chi connectivity index (χ2v) is 8.69.